The third-order valence-electron chi connectivity index (χ3n) is 2.68. The molecule has 6 nitrogen and oxygen atoms in total. The molecule has 1 aromatic carbocycles. The summed E-state index contributed by atoms with van der Waals surface area (Å²) in [4.78, 5) is 24.4. The first-order valence-corrected chi connectivity index (χ1v) is 5.79. The molecule has 1 heterocycles. The van der Waals surface area contributed by atoms with E-state index in [0.717, 1.165) is 0 Å². The Bertz CT molecular complexity index is 478. The van der Waals surface area contributed by atoms with Crippen LogP contribution in [0.2, 0.25) is 0 Å². The highest BCUT2D eigenvalue weighted by atomic mass is 19.1. The summed E-state index contributed by atoms with van der Waals surface area (Å²) < 4.78 is 17.6. The minimum absolute atomic E-state index is 0.118. The van der Waals surface area contributed by atoms with Crippen LogP contribution in [-0.2, 0) is 9.53 Å². The lowest BCUT2D eigenvalue weighted by atomic mass is 10.3. The molecule has 2 amide bonds. The Morgan fingerprint density at radius 1 is 1.47 bits per heavy atom. The monoisotopic (exact) mass is 267 g/mol. The number of carbonyl (C=O) groups excluding carboxylic acids is 2. The Hall–Kier alpha value is -2.15. The molecular weight excluding hydrogens is 253 g/mol. The van der Waals surface area contributed by atoms with Crippen molar-refractivity contribution in [1.82, 2.24) is 4.90 Å². The maximum Gasteiger partial charge on any atom is 0.410 e. The van der Waals surface area contributed by atoms with Crippen molar-refractivity contribution in [2.24, 2.45) is 5.73 Å². The van der Waals surface area contributed by atoms with Crippen LogP contribution < -0.4 is 11.1 Å². The zero-order valence-electron chi connectivity index (χ0n) is 10.1. The van der Waals surface area contributed by atoms with Gasteiger partial charge in [-0.05, 0) is 24.3 Å². The van der Waals surface area contributed by atoms with Crippen LogP contribution in [0.1, 0.15) is 0 Å². The summed E-state index contributed by atoms with van der Waals surface area (Å²) in [6, 6.07) is 5.37. The number of benzene rings is 1. The van der Waals surface area contributed by atoms with Gasteiger partial charge in [-0.15, -0.1) is 0 Å². The van der Waals surface area contributed by atoms with Gasteiger partial charge in [-0.3, -0.25) is 9.69 Å². The molecule has 0 radical (unpaired) electrons. The Morgan fingerprint density at radius 2 is 2.16 bits per heavy atom. The maximum atomic E-state index is 12.7. The van der Waals surface area contributed by atoms with Crippen LogP contribution in [0.3, 0.4) is 0 Å². The highest BCUT2D eigenvalue weighted by Crippen LogP contribution is 2.11. The van der Waals surface area contributed by atoms with E-state index in [0.29, 0.717) is 12.2 Å². The van der Waals surface area contributed by atoms with Gasteiger partial charge in [0.1, 0.15) is 18.5 Å². The smallest absolute Gasteiger partial charge is 0.410 e. The van der Waals surface area contributed by atoms with E-state index < -0.39 is 6.09 Å². The summed E-state index contributed by atoms with van der Waals surface area (Å²) >= 11 is 0. The lowest BCUT2D eigenvalue weighted by molar-refractivity contribution is -0.116. The molecule has 3 N–H and O–H groups in total. The molecule has 102 valence electrons. The predicted molar refractivity (Wildman–Crippen MR) is 65.9 cm³/mol. The summed E-state index contributed by atoms with van der Waals surface area (Å²) in [5, 5.41) is 2.56. The van der Waals surface area contributed by atoms with Crippen LogP contribution in [0.4, 0.5) is 14.9 Å². The van der Waals surface area contributed by atoms with E-state index in [2.05, 4.69) is 5.32 Å². The molecular formula is C12H14FN3O3. The van der Waals surface area contributed by atoms with Crippen molar-refractivity contribution in [2.45, 2.75) is 6.10 Å². The quantitative estimate of drug-likeness (QED) is 0.834. The lowest BCUT2D eigenvalue weighted by Crippen LogP contribution is -2.35. The molecule has 1 unspecified atom stereocenters. The molecule has 1 saturated heterocycles. The molecule has 7 heteroatoms. The van der Waals surface area contributed by atoms with Crippen LogP contribution in [0, 0.1) is 5.82 Å². The number of ether oxygens (including phenoxy) is 1. The van der Waals surface area contributed by atoms with Crippen molar-refractivity contribution in [3.8, 4) is 0 Å². The van der Waals surface area contributed by atoms with Gasteiger partial charge in [0.15, 0.2) is 0 Å². The molecule has 2 rings (SSSR count). The highest BCUT2D eigenvalue weighted by Gasteiger charge is 2.31. The van der Waals surface area contributed by atoms with E-state index >= 15 is 0 Å². The van der Waals surface area contributed by atoms with Crippen molar-refractivity contribution >= 4 is 17.7 Å². The zero-order valence-corrected chi connectivity index (χ0v) is 10.1. The minimum Gasteiger partial charge on any atom is -0.443 e. The van der Waals surface area contributed by atoms with Gasteiger partial charge < -0.3 is 15.8 Å². The molecule has 0 saturated carbocycles. The van der Waals surface area contributed by atoms with E-state index in [1.807, 2.05) is 0 Å². The van der Waals surface area contributed by atoms with Gasteiger partial charge in [0.05, 0.1) is 6.54 Å². The first-order chi connectivity index (χ1) is 9.08. The van der Waals surface area contributed by atoms with Gasteiger partial charge in [-0.25, -0.2) is 9.18 Å². The number of rotatable bonds is 4. The molecule has 19 heavy (non-hydrogen) atoms. The van der Waals surface area contributed by atoms with Crippen LogP contribution >= 0.6 is 0 Å². The van der Waals surface area contributed by atoms with Crippen molar-refractivity contribution in [3.05, 3.63) is 30.1 Å². The first-order valence-electron chi connectivity index (χ1n) is 5.79. The van der Waals surface area contributed by atoms with Gasteiger partial charge >= 0.3 is 6.09 Å². The number of halogens is 1. The topological polar surface area (TPSA) is 84.7 Å². The molecule has 1 atom stereocenters. The molecule has 1 aliphatic rings. The maximum absolute atomic E-state index is 12.7. The Kier molecular flexibility index (Phi) is 3.96. The van der Waals surface area contributed by atoms with Crippen molar-refractivity contribution < 1.29 is 18.7 Å². The number of cyclic esters (lactones) is 1. The standard InChI is InChI=1S/C12H14FN3O3/c13-8-1-3-9(4-2-8)15-11(17)7-16-6-10(5-14)19-12(16)18/h1-4,10H,5-7,14H2,(H,15,17). The number of nitrogens with two attached hydrogens (primary N) is 1. The molecule has 0 bridgehead atoms. The predicted octanol–water partition coefficient (Wildman–Crippen LogP) is 0.544. The van der Waals surface area contributed by atoms with Crippen LogP contribution in [0.15, 0.2) is 24.3 Å². The summed E-state index contributed by atoms with van der Waals surface area (Å²) in [5.41, 5.74) is 5.85. The third-order valence-corrected chi connectivity index (χ3v) is 2.68. The lowest BCUT2D eigenvalue weighted by Gasteiger charge is -2.12. The summed E-state index contributed by atoms with van der Waals surface area (Å²) in [5.74, 6) is -0.756. The highest BCUT2D eigenvalue weighted by molar-refractivity contribution is 5.94. The largest absolute Gasteiger partial charge is 0.443 e. The third kappa shape index (κ3) is 3.41. The SMILES string of the molecule is NCC1CN(CC(=O)Nc2ccc(F)cc2)C(=O)O1. The molecule has 0 aromatic heterocycles. The second-order valence-electron chi connectivity index (χ2n) is 4.18. The van der Waals surface area contributed by atoms with Crippen LogP contribution in [0.25, 0.3) is 0 Å². The fourth-order valence-corrected chi connectivity index (χ4v) is 1.73. The van der Waals surface area contributed by atoms with Crippen molar-refractivity contribution in [2.75, 3.05) is 25.0 Å². The summed E-state index contributed by atoms with van der Waals surface area (Å²) in [7, 11) is 0. The van der Waals surface area contributed by atoms with E-state index in [9.17, 15) is 14.0 Å². The Balaban J connectivity index is 1.88. The van der Waals surface area contributed by atoms with E-state index in [4.69, 9.17) is 10.5 Å². The molecule has 1 aliphatic heterocycles. The van der Waals surface area contributed by atoms with Crippen LogP contribution in [-0.4, -0.2) is 42.6 Å². The number of hydrogen-bond donors (Lipinski definition) is 2. The van der Waals surface area contributed by atoms with Gasteiger partial charge in [0.2, 0.25) is 5.91 Å². The summed E-state index contributed by atoms with van der Waals surface area (Å²) in [6.45, 7) is 0.403. The number of nitrogens with zero attached hydrogens (tertiary/aromatic N) is 1. The molecule has 1 aromatic rings. The van der Waals surface area contributed by atoms with Crippen molar-refractivity contribution in [1.29, 1.82) is 0 Å². The number of nitrogens with one attached hydrogen (secondary N) is 1. The molecule has 1 fully saturated rings. The number of carbonyl (C=O) groups is 2. The number of hydrogen-bond acceptors (Lipinski definition) is 4. The van der Waals surface area contributed by atoms with E-state index in [1.54, 1.807) is 0 Å². The molecule has 0 aliphatic carbocycles. The van der Waals surface area contributed by atoms with Crippen LogP contribution in [0.5, 0.6) is 0 Å². The average molecular weight is 267 g/mol. The zero-order chi connectivity index (χ0) is 13.8. The molecule has 0 spiro atoms. The van der Waals surface area contributed by atoms with E-state index in [-0.39, 0.29) is 30.9 Å². The second-order valence-corrected chi connectivity index (χ2v) is 4.18. The van der Waals surface area contributed by atoms with Gasteiger partial charge in [0, 0.05) is 12.2 Å². The summed E-state index contributed by atoms with van der Waals surface area (Å²) in [6.07, 6.45) is -0.921. The first kappa shape index (κ1) is 13.3. The van der Waals surface area contributed by atoms with E-state index in [1.165, 1.54) is 29.2 Å². The minimum atomic E-state index is -0.551. The number of anilines is 1. The van der Waals surface area contributed by atoms with Gasteiger partial charge in [0.25, 0.3) is 0 Å². The average Bonchev–Trinajstić information content (AvgIpc) is 2.73. The Labute approximate surface area is 109 Å². The Morgan fingerprint density at radius 3 is 2.74 bits per heavy atom. The fourth-order valence-electron chi connectivity index (χ4n) is 1.73. The fraction of sp³-hybridized carbons (Fsp3) is 0.333. The normalized spacial score (nSPS) is 18.3. The number of amides is 2. The van der Waals surface area contributed by atoms with Gasteiger partial charge in [-0.2, -0.15) is 0 Å². The van der Waals surface area contributed by atoms with Gasteiger partial charge in [-0.1, -0.05) is 0 Å². The van der Waals surface area contributed by atoms with Crippen molar-refractivity contribution in [3.63, 3.8) is 0 Å². The second kappa shape index (κ2) is 5.66.